The summed E-state index contributed by atoms with van der Waals surface area (Å²) in [6.07, 6.45) is 0. The van der Waals surface area contributed by atoms with E-state index in [-0.39, 0.29) is 30.1 Å². The molecule has 0 radical (unpaired) electrons. The van der Waals surface area contributed by atoms with Gasteiger partial charge in [-0.2, -0.15) is 0 Å². The van der Waals surface area contributed by atoms with Crippen LogP contribution in [-0.4, -0.2) is 32.0 Å². The quantitative estimate of drug-likeness (QED) is 0.419. The lowest BCUT2D eigenvalue weighted by Crippen LogP contribution is -2.34. The molecule has 0 saturated heterocycles. The molecule has 0 unspecified atom stereocenters. The first kappa shape index (κ1) is 27.8. The van der Waals surface area contributed by atoms with Crippen LogP contribution in [0, 0.1) is 0 Å². The number of rotatable bonds is 4. The highest BCUT2D eigenvalue weighted by Gasteiger charge is 2.32. The first-order valence-electron chi connectivity index (χ1n) is 8.98. The molecule has 0 heterocycles. The first-order chi connectivity index (χ1) is 15.1. The van der Waals surface area contributed by atoms with Crippen LogP contribution in [0.1, 0.15) is 27.7 Å². The van der Waals surface area contributed by atoms with Gasteiger partial charge in [0, 0.05) is 36.6 Å². The summed E-state index contributed by atoms with van der Waals surface area (Å²) in [7, 11) is -4.28. The van der Waals surface area contributed by atoms with Crippen molar-refractivity contribution in [2.75, 3.05) is 9.80 Å². The van der Waals surface area contributed by atoms with E-state index in [2.05, 4.69) is 63.7 Å². The second-order valence-corrected chi connectivity index (χ2v) is 11.8. The third-order valence-corrected chi connectivity index (χ3v) is 9.60. The van der Waals surface area contributed by atoms with Gasteiger partial charge >= 0.3 is 0 Å². The monoisotopic (exact) mass is 728 g/mol. The summed E-state index contributed by atoms with van der Waals surface area (Å²) in [6.45, 7) is 4.71. The van der Waals surface area contributed by atoms with Crippen molar-refractivity contribution in [1.29, 1.82) is 0 Å². The lowest BCUT2D eigenvalue weighted by Gasteiger charge is -2.23. The highest BCUT2D eigenvalue weighted by molar-refractivity contribution is 9.11. The number of hydrogen-bond acceptors (Lipinski definition) is 6. The highest BCUT2D eigenvalue weighted by Crippen LogP contribution is 2.45. The van der Waals surface area contributed by atoms with Crippen LogP contribution < -0.4 is 9.80 Å². The average Bonchev–Trinajstić information content (AvgIpc) is 2.66. The summed E-state index contributed by atoms with van der Waals surface area (Å²) in [4.78, 5) is 49.6. The van der Waals surface area contributed by atoms with Crippen molar-refractivity contribution in [2.24, 2.45) is 0 Å². The normalized spacial score (nSPS) is 11.2. The summed E-state index contributed by atoms with van der Waals surface area (Å²) in [6, 6.07) is 5.40. The Bertz CT molecular complexity index is 1190. The number of nitrogens with zero attached hydrogens (tertiary/aromatic N) is 2. The molecule has 8 nitrogen and oxygen atoms in total. The number of benzene rings is 2. The molecule has 4 amide bonds. The third kappa shape index (κ3) is 5.31. The maximum atomic E-state index is 13.7. The minimum Gasteiger partial charge on any atom is -0.274 e. The third-order valence-electron chi connectivity index (χ3n) is 4.35. The number of amides is 4. The molecule has 2 rings (SSSR count). The Hall–Kier alpha value is -1.41. The van der Waals surface area contributed by atoms with Gasteiger partial charge in [0.05, 0.1) is 30.1 Å². The Balaban J connectivity index is 2.87. The van der Waals surface area contributed by atoms with Crippen molar-refractivity contribution in [1.82, 2.24) is 0 Å². The molecule has 0 spiro atoms. The maximum absolute atomic E-state index is 13.7. The largest absolute Gasteiger partial charge is 0.274 e. The molecule has 0 aromatic heterocycles. The molecular formula is C20H16Br4N2O6S. The van der Waals surface area contributed by atoms with Gasteiger partial charge in [0.2, 0.25) is 33.5 Å². The van der Waals surface area contributed by atoms with E-state index in [4.69, 9.17) is 0 Å². The van der Waals surface area contributed by atoms with Crippen LogP contribution in [0.25, 0.3) is 0 Å². The molecule has 2 aromatic carbocycles. The number of hydrogen-bond donors (Lipinski definition) is 0. The number of carbonyl (C=O) groups is 4. The molecule has 176 valence electrons. The molecule has 2 aromatic rings. The Morgan fingerprint density at radius 2 is 0.879 bits per heavy atom. The van der Waals surface area contributed by atoms with Crippen molar-refractivity contribution in [2.45, 2.75) is 37.5 Å². The van der Waals surface area contributed by atoms with Crippen LogP contribution in [0.4, 0.5) is 11.4 Å². The van der Waals surface area contributed by atoms with E-state index in [1.807, 2.05) is 0 Å². The van der Waals surface area contributed by atoms with Crippen LogP contribution in [0.5, 0.6) is 0 Å². The second-order valence-electron chi connectivity index (χ2n) is 6.67. The SMILES string of the molecule is CC(=O)N(C(C)=O)c1c(Br)ccc(S(=O)(=O)c2ccc(Br)c(N(C(C)=O)C(C)=O)c2Br)c1Br. The minimum absolute atomic E-state index is 0.0198. The van der Waals surface area contributed by atoms with Gasteiger partial charge in [-0.15, -0.1) is 0 Å². The fourth-order valence-electron chi connectivity index (χ4n) is 3.06. The van der Waals surface area contributed by atoms with Gasteiger partial charge in [-0.3, -0.25) is 19.2 Å². The van der Waals surface area contributed by atoms with Crippen molar-refractivity contribution in [3.05, 3.63) is 42.2 Å². The number of halogens is 4. The van der Waals surface area contributed by atoms with Crippen LogP contribution >= 0.6 is 63.7 Å². The standard InChI is InChI=1S/C20H16Br4N2O6S/c1-9(27)25(10(2)28)19-13(21)5-7-15(17(19)23)33(31,32)16-8-6-14(22)20(18(16)24)26(11(3)29)12(4)30/h5-8H,1-4H3. The molecule has 0 aliphatic heterocycles. The molecule has 33 heavy (non-hydrogen) atoms. The predicted molar refractivity (Wildman–Crippen MR) is 137 cm³/mol. The van der Waals surface area contributed by atoms with Crippen molar-refractivity contribution in [3.63, 3.8) is 0 Å². The number of imide groups is 2. The fraction of sp³-hybridized carbons (Fsp3) is 0.200. The zero-order valence-electron chi connectivity index (χ0n) is 17.6. The van der Waals surface area contributed by atoms with Crippen LogP contribution in [0.2, 0.25) is 0 Å². The lowest BCUT2D eigenvalue weighted by atomic mass is 10.2. The molecule has 0 aliphatic carbocycles. The van der Waals surface area contributed by atoms with Gasteiger partial charge in [-0.1, -0.05) is 0 Å². The highest BCUT2D eigenvalue weighted by atomic mass is 79.9. The van der Waals surface area contributed by atoms with Crippen LogP contribution in [-0.2, 0) is 29.0 Å². The number of carbonyl (C=O) groups excluding carboxylic acids is 4. The van der Waals surface area contributed by atoms with Gasteiger partial charge in [0.15, 0.2) is 0 Å². The van der Waals surface area contributed by atoms with E-state index in [1.165, 1.54) is 52.0 Å². The Labute approximate surface area is 224 Å². The molecule has 13 heteroatoms. The zero-order chi connectivity index (χ0) is 25.4. The average molecular weight is 732 g/mol. The zero-order valence-corrected chi connectivity index (χ0v) is 24.7. The Morgan fingerprint density at radius 1 is 0.606 bits per heavy atom. The molecule has 0 N–H and O–H groups in total. The summed E-state index contributed by atoms with van der Waals surface area (Å²) < 4.78 is 27.9. The van der Waals surface area contributed by atoms with E-state index >= 15 is 0 Å². The topological polar surface area (TPSA) is 109 Å². The smallest absolute Gasteiger partial charge is 0.230 e. The summed E-state index contributed by atoms with van der Waals surface area (Å²) in [5.74, 6) is -2.43. The number of anilines is 2. The van der Waals surface area contributed by atoms with Gasteiger partial charge in [0.25, 0.3) is 0 Å². The van der Waals surface area contributed by atoms with E-state index in [0.29, 0.717) is 8.95 Å². The van der Waals surface area contributed by atoms with Gasteiger partial charge < -0.3 is 0 Å². The molecule has 0 aliphatic rings. The number of sulfone groups is 1. The molecule has 0 fully saturated rings. The Morgan fingerprint density at radius 3 is 1.12 bits per heavy atom. The lowest BCUT2D eigenvalue weighted by molar-refractivity contribution is -0.125. The minimum atomic E-state index is -4.28. The van der Waals surface area contributed by atoms with Crippen LogP contribution in [0.3, 0.4) is 0 Å². The summed E-state index contributed by atoms with van der Waals surface area (Å²) in [5.41, 5.74) is 0.0530. The van der Waals surface area contributed by atoms with Gasteiger partial charge in [0.1, 0.15) is 0 Å². The van der Waals surface area contributed by atoms with Gasteiger partial charge in [-0.25, -0.2) is 18.2 Å². The van der Waals surface area contributed by atoms with Gasteiger partial charge in [-0.05, 0) is 88.0 Å². The molecule has 0 bridgehead atoms. The predicted octanol–water partition coefficient (Wildman–Crippen LogP) is 5.37. The Kier molecular flexibility index (Phi) is 8.83. The van der Waals surface area contributed by atoms with E-state index in [0.717, 1.165) is 9.80 Å². The van der Waals surface area contributed by atoms with E-state index < -0.39 is 33.5 Å². The molecule has 0 atom stereocenters. The maximum Gasteiger partial charge on any atom is 0.230 e. The fourth-order valence-corrected chi connectivity index (χ4v) is 8.33. The summed E-state index contributed by atoms with van der Waals surface area (Å²) >= 11 is 13.0. The van der Waals surface area contributed by atoms with E-state index in [9.17, 15) is 27.6 Å². The van der Waals surface area contributed by atoms with Crippen molar-refractivity contribution < 1.29 is 27.6 Å². The van der Waals surface area contributed by atoms with E-state index in [1.54, 1.807) is 0 Å². The van der Waals surface area contributed by atoms with Crippen molar-refractivity contribution >= 4 is 109 Å². The molecular weight excluding hydrogens is 716 g/mol. The second kappa shape index (κ2) is 10.5. The van der Waals surface area contributed by atoms with Crippen LogP contribution in [0.15, 0.2) is 51.9 Å². The molecule has 0 saturated carbocycles. The van der Waals surface area contributed by atoms with Crippen molar-refractivity contribution in [3.8, 4) is 0 Å². The first-order valence-corrected chi connectivity index (χ1v) is 13.6. The summed E-state index contributed by atoms with van der Waals surface area (Å²) in [5, 5.41) is 0.